The van der Waals surface area contributed by atoms with Crippen molar-refractivity contribution in [1.29, 1.82) is 0 Å². The van der Waals surface area contributed by atoms with Crippen LogP contribution in [-0.4, -0.2) is 36.6 Å². The molecular formula is C13H28N2. The Morgan fingerprint density at radius 1 is 1.33 bits per heavy atom. The van der Waals surface area contributed by atoms with Crippen LogP contribution < -0.4 is 5.32 Å². The Labute approximate surface area is 95.4 Å². The van der Waals surface area contributed by atoms with E-state index in [1.807, 2.05) is 0 Å². The highest BCUT2D eigenvalue weighted by molar-refractivity contribution is 4.77. The topological polar surface area (TPSA) is 15.3 Å². The molecule has 0 amide bonds. The fraction of sp³-hybridized carbons (Fsp3) is 1.00. The zero-order chi connectivity index (χ0) is 11.1. The predicted octanol–water partition coefficient (Wildman–Crippen LogP) is 2.64. The van der Waals surface area contributed by atoms with E-state index in [2.05, 4.69) is 31.0 Å². The molecule has 15 heavy (non-hydrogen) atoms. The first-order valence-corrected chi connectivity index (χ1v) is 6.72. The molecule has 2 unspecified atom stereocenters. The summed E-state index contributed by atoms with van der Waals surface area (Å²) in [7, 11) is 0. The van der Waals surface area contributed by atoms with Crippen LogP contribution in [0.5, 0.6) is 0 Å². The SMILES string of the molecule is CCNCCC(C)N1CCCCCC1C. The maximum atomic E-state index is 3.42. The lowest BCUT2D eigenvalue weighted by Gasteiger charge is -2.33. The van der Waals surface area contributed by atoms with Crippen LogP contribution in [0.1, 0.15) is 52.9 Å². The van der Waals surface area contributed by atoms with E-state index < -0.39 is 0 Å². The molecule has 0 aromatic carbocycles. The van der Waals surface area contributed by atoms with Gasteiger partial charge in [-0.15, -0.1) is 0 Å². The smallest absolute Gasteiger partial charge is 0.00818 e. The molecule has 0 aliphatic carbocycles. The first-order chi connectivity index (χ1) is 7.25. The summed E-state index contributed by atoms with van der Waals surface area (Å²) in [5, 5.41) is 3.42. The van der Waals surface area contributed by atoms with Crippen molar-refractivity contribution in [2.75, 3.05) is 19.6 Å². The van der Waals surface area contributed by atoms with Gasteiger partial charge < -0.3 is 5.32 Å². The van der Waals surface area contributed by atoms with E-state index in [-0.39, 0.29) is 0 Å². The third kappa shape index (κ3) is 4.52. The van der Waals surface area contributed by atoms with E-state index >= 15 is 0 Å². The van der Waals surface area contributed by atoms with E-state index in [1.165, 1.54) is 45.2 Å². The lowest BCUT2D eigenvalue weighted by molar-refractivity contribution is 0.150. The average molecular weight is 212 g/mol. The van der Waals surface area contributed by atoms with Crippen LogP contribution >= 0.6 is 0 Å². The molecule has 0 saturated carbocycles. The maximum absolute atomic E-state index is 3.42. The number of nitrogens with one attached hydrogen (secondary N) is 1. The molecule has 0 radical (unpaired) electrons. The molecule has 0 spiro atoms. The van der Waals surface area contributed by atoms with Gasteiger partial charge >= 0.3 is 0 Å². The van der Waals surface area contributed by atoms with Crippen LogP contribution in [0.2, 0.25) is 0 Å². The van der Waals surface area contributed by atoms with Crippen LogP contribution in [0, 0.1) is 0 Å². The molecule has 0 aromatic rings. The molecular weight excluding hydrogens is 184 g/mol. The lowest BCUT2D eigenvalue weighted by Crippen LogP contribution is -2.41. The molecule has 0 aromatic heterocycles. The normalized spacial score (nSPS) is 26.2. The zero-order valence-corrected chi connectivity index (χ0v) is 10.8. The molecule has 2 atom stereocenters. The monoisotopic (exact) mass is 212 g/mol. The van der Waals surface area contributed by atoms with Gasteiger partial charge in [-0.05, 0) is 52.7 Å². The van der Waals surface area contributed by atoms with Crippen molar-refractivity contribution in [3.8, 4) is 0 Å². The largest absolute Gasteiger partial charge is 0.317 e. The minimum Gasteiger partial charge on any atom is -0.317 e. The van der Waals surface area contributed by atoms with Gasteiger partial charge in [0.15, 0.2) is 0 Å². The summed E-state index contributed by atoms with van der Waals surface area (Å²) in [5.74, 6) is 0. The van der Waals surface area contributed by atoms with Gasteiger partial charge in [0.2, 0.25) is 0 Å². The summed E-state index contributed by atoms with van der Waals surface area (Å²) >= 11 is 0. The van der Waals surface area contributed by atoms with E-state index in [0.29, 0.717) is 0 Å². The Bertz CT molecular complexity index is 159. The molecule has 1 aliphatic heterocycles. The summed E-state index contributed by atoms with van der Waals surface area (Å²) in [6.45, 7) is 10.5. The summed E-state index contributed by atoms with van der Waals surface area (Å²) < 4.78 is 0. The van der Waals surface area contributed by atoms with Crippen LogP contribution in [0.25, 0.3) is 0 Å². The zero-order valence-electron chi connectivity index (χ0n) is 10.8. The van der Waals surface area contributed by atoms with Gasteiger partial charge in [0.1, 0.15) is 0 Å². The molecule has 1 fully saturated rings. The number of nitrogens with zero attached hydrogens (tertiary/aromatic N) is 1. The second kappa shape index (κ2) is 7.24. The van der Waals surface area contributed by atoms with Gasteiger partial charge in [-0.1, -0.05) is 19.8 Å². The molecule has 1 saturated heterocycles. The standard InChI is InChI=1S/C13H28N2/c1-4-14-10-9-13(3)15-11-7-5-6-8-12(15)2/h12-14H,4-11H2,1-3H3. The molecule has 1 aliphatic rings. The number of hydrogen-bond donors (Lipinski definition) is 1. The molecule has 0 bridgehead atoms. The van der Waals surface area contributed by atoms with Crippen LogP contribution in [0.3, 0.4) is 0 Å². The molecule has 90 valence electrons. The Balaban J connectivity index is 2.31. The first-order valence-electron chi connectivity index (χ1n) is 6.72. The highest BCUT2D eigenvalue weighted by Gasteiger charge is 2.21. The molecule has 1 N–H and O–H groups in total. The van der Waals surface area contributed by atoms with Crippen molar-refractivity contribution in [2.24, 2.45) is 0 Å². The van der Waals surface area contributed by atoms with Crippen molar-refractivity contribution in [2.45, 2.75) is 65.0 Å². The van der Waals surface area contributed by atoms with Crippen molar-refractivity contribution in [3.63, 3.8) is 0 Å². The van der Waals surface area contributed by atoms with Crippen molar-refractivity contribution < 1.29 is 0 Å². The fourth-order valence-electron chi connectivity index (χ4n) is 2.61. The lowest BCUT2D eigenvalue weighted by atomic mass is 10.1. The van der Waals surface area contributed by atoms with Crippen LogP contribution in [0.15, 0.2) is 0 Å². The fourth-order valence-corrected chi connectivity index (χ4v) is 2.61. The van der Waals surface area contributed by atoms with Crippen LogP contribution in [0.4, 0.5) is 0 Å². The van der Waals surface area contributed by atoms with E-state index in [0.717, 1.165) is 18.6 Å². The van der Waals surface area contributed by atoms with Gasteiger partial charge in [0.05, 0.1) is 0 Å². The predicted molar refractivity (Wildman–Crippen MR) is 67.3 cm³/mol. The summed E-state index contributed by atoms with van der Waals surface area (Å²) in [6, 6.07) is 1.54. The average Bonchev–Trinajstić information content (AvgIpc) is 2.43. The second-order valence-corrected chi connectivity index (χ2v) is 4.93. The summed E-state index contributed by atoms with van der Waals surface area (Å²) in [4.78, 5) is 2.71. The quantitative estimate of drug-likeness (QED) is 0.705. The Hall–Kier alpha value is -0.0800. The van der Waals surface area contributed by atoms with Gasteiger partial charge in [0, 0.05) is 12.1 Å². The molecule has 1 rings (SSSR count). The van der Waals surface area contributed by atoms with Crippen molar-refractivity contribution >= 4 is 0 Å². The highest BCUT2D eigenvalue weighted by Crippen LogP contribution is 2.19. The first kappa shape index (κ1) is 13.0. The third-order valence-electron chi connectivity index (χ3n) is 3.66. The van der Waals surface area contributed by atoms with Gasteiger partial charge in [-0.2, -0.15) is 0 Å². The minimum absolute atomic E-state index is 0.747. The van der Waals surface area contributed by atoms with Gasteiger partial charge in [-0.25, -0.2) is 0 Å². The molecule has 1 heterocycles. The molecule has 2 nitrogen and oxygen atoms in total. The van der Waals surface area contributed by atoms with E-state index in [4.69, 9.17) is 0 Å². The summed E-state index contributed by atoms with van der Waals surface area (Å²) in [6.07, 6.45) is 6.94. The maximum Gasteiger partial charge on any atom is 0.00818 e. The minimum atomic E-state index is 0.747. The Morgan fingerprint density at radius 3 is 2.87 bits per heavy atom. The molecule has 2 heteroatoms. The Kier molecular flexibility index (Phi) is 6.26. The number of rotatable bonds is 5. The van der Waals surface area contributed by atoms with Crippen molar-refractivity contribution in [1.82, 2.24) is 10.2 Å². The number of likely N-dealkylation sites (tertiary alicyclic amines) is 1. The van der Waals surface area contributed by atoms with Crippen LogP contribution in [-0.2, 0) is 0 Å². The number of hydrogen-bond acceptors (Lipinski definition) is 2. The highest BCUT2D eigenvalue weighted by atomic mass is 15.2. The van der Waals surface area contributed by atoms with E-state index in [9.17, 15) is 0 Å². The third-order valence-corrected chi connectivity index (χ3v) is 3.66. The van der Waals surface area contributed by atoms with Gasteiger partial charge in [-0.3, -0.25) is 4.90 Å². The second-order valence-electron chi connectivity index (χ2n) is 4.93. The van der Waals surface area contributed by atoms with Gasteiger partial charge in [0.25, 0.3) is 0 Å². The Morgan fingerprint density at radius 2 is 2.13 bits per heavy atom. The van der Waals surface area contributed by atoms with Crippen molar-refractivity contribution in [3.05, 3.63) is 0 Å². The van der Waals surface area contributed by atoms with E-state index in [1.54, 1.807) is 0 Å². The summed E-state index contributed by atoms with van der Waals surface area (Å²) in [5.41, 5.74) is 0.